The molecule has 0 amide bonds. The number of anilines is 2. The molecule has 0 aromatic heterocycles. The maximum Gasteiger partial charge on any atom is 0.0491 e. The zero-order chi connectivity index (χ0) is 12.3. The van der Waals surface area contributed by atoms with Gasteiger partial charge < -0.3 is 11.1 Å². The Bertz CT molecular complexity index is 509. The molecule has 0 aliphatic carbocycles. The highest BCUT2D eigenvalue weighted by molar-refractivity contribution is 9.10. The van der Waals surface area contributed by atoms with Crippen LogP contribution in [-0.4, -0.2) is 0 Å². The molecule has 0 bridgehead atoms. The van der Waals surface area contributed by atoms with Crippen LogP contribution in [0.25, 0.3) is 0 Å². The van der Waals surface area contributed by atoms with Crippen molar-refractivity contribution in [1.29, 1.82) is 0 Å². The second-order valence-electron chi connectivity index (χ2n) is 4.03. The van der Waals surface area contributed by atoms with Gasteiger partial charge in [0.2, 0.25) is 0 Å². The van der Waals surface area contributed by atoms with Crippen LogP contribution in [0.4, 0.5) is 11.4 Å². The Balaban J connectivity index is 2.12. The van der Waals surface area contributed by atoms with Crippen LogP contribution >= 0.6 is 15.9 Å². The van der Waals surface area contributed by atoms with E-state index in [0.29, 0.717) is 0 Å². The van der Waals surface area contributed by atoms with Crippen molar-refractivity contribution >= 4 is 27.3 Å². The Kier molecular flexibility index (Phi) is 3.69. The minimum atomic E-state index is 0.808. The van der Waals surface area contributed by atoms with Crippen LogP contribution in [0.5, 0.6) is 0 Å². The maximum absolute atomic E-state index is 5.84. The van der Waals surface area contributed by atoms with Gasteiger partial charge in [0.05, 0.1) is 0 Å². The topological polar surface area (TPSA) is 38.0 Å². The molecule has 0 atom stereocenters. The third-order valence-corrected chi connectivity index (χ3v) is 3.34. The number of nitrogen functional groups attached to an aromatic ring is 1. The number of halogens is 1. The lowest BCUT2D eigenvalue weighted by Gasteiger charge is -2.11. The molecule has 17 heavy (non-hydrogen) atoms. The fourth-order valence-electron chi connectivity index (χ4n) is 1.63. The fraction of sp³-hybridized carbons (Fsp3) is 0.143. The molecule has 0 radical (unpaired) electrons. The Morgan fingerprint density at radius 3 is 2.59 bits per heavy atom. The standard InChI is InChI=1S/C14H15BrN2/c1-10-7-14(12(15)8-13(10)16)17-9-11-5-3-2-4-6-11/h2-8,17H,9,16H2,1H3. The zero-order valence-electron chi connectivity index (χ0n) is 9.70. The summed E-state index contributed by atoms with van der Waals surface area (Å²) in [5.41, 5.74) is 10.1. The summed E-state index contributed by atoms with van der Waals surface area (Å²) in [6, 6.07) is 14.3. The van der Waals surface area contributed by atoms with E-state index in [-0.39, 0.29) is 0 Å². The van der Waals surface area contributed by atoms with Gasteiger partial charge in [-0.15, -0.1) is 0 Å². The summed E-state index contributed by atoms with van der Waals surface area (Å²) in [5.74, 6) is 0. The molecule has 0 spiro atoms. The largest absolute Gasteiger partial charge is 0.398 e. The number of hydrogen-bond acceptors (Lipinski definition) is 2. The number of hydrogen-bond donors (Lipinski definition) is 2. The summed E-state index contributed by atoms with van der Waals surface area (Å²) in [6.45, 7) is 2.82. The van der Waals surface area contributed by atoms with Crippen LogP contribution in [0, 0.1) is 6.92 Å². The molecule has 2 aromatic carbocycles. The molecule has 0 aliphatic rings. The van der Waals surface area contributed by atoms with E-state index in [4.69, 9.17) is 5.73 Å². The molecule has 3 N–H and O–H groups in total. The number of aryl methyl sites for hydroxylation is 1. The molecular formula is C14H15BrN2. The van der Waals surface area contributed by atoms with E-state index >= 15 is 0 Å². The first-order valence-corrected chi connectivity index (χ1v) is 6.29. The number of benzene rings is 2. The second kappa shape index (κ2) is 5.23. The van der Waals surface area contributed by atoms with Gasteiger partial charge >= 0.3 is 0 Å². The molecule has 2 aromatic rings. The third kappa shape index (κ3) is 3.01. The van der Waals surface area contributed by atoms with Crippen molar-refractivity contribution in [3.63, 3.8) is 0 Å². The predicted molar refractivity (Wildman–Crippen MR) is 77.1 cm³/mol. The molecule has 0 saturated carbocycles. The molecule has 0 aliphatic heterocycles. The quantitative estimate of drug-likeness (QED) is 0.840. The lowest BCUT2D eigenvalue weighted by Crippen LogP contribution is -2.01. The lowest BCUT2D eigenvalue weighted by atomic mass is 10.1. The van der Waals surface area contributed by atoms with Crippen LogP contribution in [0.15, 0.2) is 46.9 Å². The summed E-state index contributed by atoms with van der Waals surface area (Å²) in [6.07, 6.45) is 0. The van der Waals surface area contributed by atoms with Crippen molar-refractivity contribution in [2.75, 3.05) is 11.1 Å². The van der Waals surface area contributed by atoms with E-state index in [1.165, 1.54) is 5.56 Å². The van der Waals surface area contributed by atoms with Gasteiger partial charge in [0.15, 0.2) is 0 Å². The summed E-state index contributed by atoms with van der Waals surface area (Å²) in [7, 11) is 0. The van der Waals surface area contributed by atoms with Gasteiger partial charge in [0, 0.05) is 22.4 Å². The van der Waals surface area contributed by atoms with Gasteiger partial charge in [0.25, 0.3) is 0 Å². The van der Waals surface area contributed by atoms with Crippen LogP contribution in [-0.2, 0) is 6.54 Å². The van der Waals surface area contributed by atoms with Gasteiger partial charge in [0.1, 0.15) is 0 Å². The maximum atomic E-state index is 5.84. The Hall–Kier alpha value is -1.48. The summed E-state index contributed by atoms with van der Waals surface area (Å²) in [4.78, 5) is 0. The number of rotatable bonds is 3. The minimum Gasteiger partial charge on any atom is -0.398 e. The SMILES string of the molecule is Cc1cc(NCc2ccccc2)c(Br)cc1N. The molecular weight excluding hydrogens is 276 g/mol. The summed E-state index contributed by atoms with van der Waals surface area (Å²) in [5, 5.41) is 3.39. The van der Waals surface area contributed by atoms with Crippen molar-refractivity contribution in [3.05, 3.63) is 58.1 Å². The smallest absolute Gasteiger partial charge is 0.0491 e. The van der Waals surface area contributed by atoms with Crippen LogP contribution in [0.2, 0.25) is 0 Å². The number of nitrogens with two attached hydrogens (primary N) is 1. The summed E-state index contributed by atoms with van der Waals surface area (Å²) >= 11 is 3.51. The van der Waals surface area contributed by atoms with Crippen molar-refractivity contribution in [2.24, 2.45) is 0 Å². The van der Waals surface area contributed by atoms with Crippen molar-refractivity contribution in [3.8, 4) is 0 Å². The molecule has 0 saturated heterocycles. The normalized spacial score (nSPS) is 10.2. The second-order valence-corrected chi connectivity index (χ2v) is 4.88. The Labute approximate surface area is 110 Å². The number of nitrogens with one attached hydrogen (secondary N) is 1. The Morgan fingerprint density at radius 2 is 1.88 bits per heavy atom. The van der Waals surface area contributed by atoms with E-state index < -0.39 is 0 Å². The molecule has 88 valence electrons. The third-order valence-electron chi connectivity index (χ3n) is 2.68. The molecule has 2 rings (SSSR count). The van der Waals surface area contributed by atoms with Crippen molar-refractivity contribution < 1.29 is 0 Å². The monoisotopic (exact) mass is 290 g/mol. The first kappa shape index (κ1) is 12.0. The lowest BCUT2D eigenvalue weighted by molar-refractivity contribution is 1.14. The van der Waals surface area contributed by atoms with E-state index in [9.17, 15) is 0 Å². The van der Waals surface area contributed by atoms with E-state index in [1.54, 1.807) is 0 Å². The van der Waals surface area contributed by atoms with Crippen molar-refractivity contribution in [2.45, 2.75) is 13.5 Å². The first-order chi connectivity index (χ1) is 8.16. The van der Waals surface area contributed by atoms with E-state index in [2.05, 4.69) is 39.4 Å². The van der Waals surface area contributed by atoms with E-state index in [0.717, 1.165) is 28.0 Å². The van der Waals surface area contributed by atoms with Crippen molar-refractivity contribution in [1.82, 2.24) is 0 Å². The highest BCUT2D eigenvalue weighted by Gasteiger charge is 2.03. The average molecular weight is 291 g/mol. The first-order valence-electron chi connectivity index (χ1n) is 5.50. The molecule has 3 heteroatoms. The zero-order valence-corrected chi connectivity index (χ0v) is 11.3. The average Bonchev–Trinajstić information content (AvgIpc) is 2.33. The fourth-order valence-corrected chi connectivity index (χ4v) is 2.13. The Morgan fingerprint density at radius 1 is 1.18 bits per heavy atom. The van der Waals surface area contributed by atoms with E-state index in [1.807, 2.05) is 31.2 Å². The summed E-state index contributed by atoms with van der Waals surface area (Å²) < 4.78 is 0.997. The van der Waals surface area contributed by atoms with Gasteiger partial charge in [-0.3, -0.25) is 0 Å². The van der Waals surface area contributed by atoms with Crippen LogP contribution in [0.1, 0.15) is 11.1 Å². The highest BCUT2D eigenvalue weighted by Crippen LogP contribution is 2.28. The highest BCUT2D eigenvalue weighted by atomic mass is 79.9. The molecule has 0 fully saturated rings. The van der Waals surface area contributed by atoms with Gasteiger partial charge in [-0.25, -0.2) is 0 Å². The van der Waals surface area contributed by atoms with Gasteiger partial charge in [-0.2, -0.15) is 0 Å². The van der Waals surface area contributed by atoms with Gasteiger partial charge in [-0.1, -0.05) is 30.3 Å². The molecule has 0 unspecified atom stereocenters. The minimum absolute atomic E-state index is 0.808. The van der Waals surface area contributed by atoms with Gasteiger partial charge in [-0.05, 0) is 46.1 Å². The van der Waals surface area contributed by atoms with Crippen LogP contribution in [0.3, 0.4) is 0 Å². The molecule has 2 nitrogen and oxygen atoms in total. The van der Waals surface area contributed by atoms with Crippen LogP contribution < -0.4 is 11.1 Å². The predicted octanol–water partition coefficient (Wildman–Crippen LogP) is 3.95. The molecule has 0 heterocycles.